The lowest BCUT2D eigenvalue weighted by atomic mass is 9.99. The summed E-state index contributed by atoms with van der Waals surface area (Å²) >= 11 is 0. The maximum absolute atomic E-state index is 12.5. The fourth-order valence-corrected chi connectivity index (χ4v) is 4.40. The molecule has 6 heteroatoms. The van der Waals surface area contributed by atoms with Gasteiger partial charge in [-0.2, -0.15) is 0 Å². The minimum Gasteiger partial charge on any atom is -0.396 e. The lowest BCUT2D eigenvalue weighted by molar-refractivity contribution is 0.122. The molecule has 1 aliphatic rings. The number of nitrogens with zero attached hydrogens (tertiary/aromatic N) is 1. The molecule has 2 aromatic rings. The Hall–Kier alpha value is -1.73. The van der Waals surface area contributed by atoms with Gasteiger partial charge in [-0.25, -0.2) is 13.1 Å². The molecule has 0 amide bonds. The fraction of sp³-hybridized carbons (Fsp3) is 0.400. The molecule has 5 nitrogen and oxygen atoms in total. The predicted octanol–water partition coefficient (Wildman–Crippen LogP) is 2.34. The first-order valence-electron chi connectivity index (χ1n) is 9.07. The quantitative estimate of drug-likeness (QED) is 0.780. The zero-order chi connectivity index (χ0) is 18.4. The van der Waals surface area contributed by atoms with E-state index < -0.39 is 10.0 Å². The Morgan fingerprint density at radius 3 is 2.42 bits per heavy atom. The number of nitrogens with one attached hydrogen (secondary N) is 1. The summed E-state index contributed by atoms with van der Waals surface area (Å²) in [5, 5.41) is 9.28. The Labute approximate surface area is 155 Å². The third-order valence-corrected chi connectivity index (χ3v) is 6.33. The molecule has 0 bridgehead atoms. The van der Waals surface area contributed by atoms with Gasteiger partial charge in [0.25, 0.3) is 0 Å². The number of likely N-dealkylation sites (tertiary alicyclic amines) is 1. The third-order valence-electron chi connectivity index (χ3n) is 4.85. The monoisotopic (exact) mass is 374 g/mol. The van der Waals surface area contributed by atoms with Crippen molar-refractivity contribution in [2.45, 2.75) is 17.7 Å². The van der Waals surface area contributed by atoms with Crippen molar-refractivity contribution >= 4 is 10.0 Å². The van der Waals surface area contributed by atoms with E-state index in [0.29, 0.717) is 19.0 Å². The van der Waals surface area contributed by atoms with Crippen LogP contribution in [0, 0.1) is 5.92 Å². The first kappa shape index (κ1) is 19.0. The molecular weight excluding hydrogens is 348 g/mol. The highest BCUT2D eigenvalue weighted by atomic mass is 32.2. The van der Waals surface area contributed by atoms with Gasteiger partial charge < -0.3 is 10.0 Å². The van der Waals surface area contributed by atoms with Gasteiger partial charge in [0.05, 0.1) is 4.90 Å². The lowest BCUT2D eigenvalue weighted by Gasteiger charge is -2.31. The zero-order valence-electron chi connectivity index (χ0n) is 14.8. The van der Waals surface area contributed by atoms with Gasteiger partial charge in [0.2, 0.25) is 10.0 Å². The van der Waals surface area contributed by atoms with Crippen LogP contribution in [-0.2, 0) is 10.0 Å². The smallest absolute Gasteiger partial charge is 0.240 e. The molecule has 1 fully saturated rings. The van der Waals surface area contributed by atoms with Gasteiger partial charge in [0.1, 0.15) is 0 Å². The Bertz CT molecular complexity index is 792. The molecule has 0 aliphatic carbocycles. The van der Waals surface area contributed by atoms with E-state index in [9.17, 15) is 13.5 Å². The standard InChI is InChI=1S/C20H26N2O3S/c23-16-17-5-4-13-22(15-17)14-12-21-26(24,25)20-10-8-19(9-11-20)18-6-2-1-3-7-18/h1-3,6-11,17,21,23H,4-5,12-16H2. The van der Waals surface area contributed by atoms with Crippen LogP contribution >= 0.6 is 0 Å². The van der Waals surface area contributed by atoms with Gasteiger partial charge in [-0.1, -0.05) is 42.5 Å². The highest BCUT2D eigenvalue weighted by Crippen LogP contribution is 2.21. The van der Waals surface area contributed by atoms with Crippen molar-refractivity contribution in [1.82, 2.24) is 9.62 Å². The third kappa shape index (κ3) is 4.92. The highest BCUT2D eigenvalue weighted by Gasteiger charge is 2.20. The summed E-state index contributed by atoms with van der Waals surface area (Å²) in [6.07, 6.45) is 2.10. The lowest BCUT2D eigenvalue weighted by Crippen LogP contribution is -2.41. The van der Waals surface area contributed by atoms with E-state index in [2.05, 4.69) is 9.62 Å². The molecule has 1 unspecified atom stereocenters. The van der Waals surface area contributed by atoms with Gasteiger partial charge in [-0.05, 0) is 48.6 Å². The molecule has 26 heavy (non-hydrogen) atoms. The Kier molecular flexibility index (Phi) is 6.43. The summed E-state index contributed by atoms with van der Waals surface area (Å²) in [6.45, 7) is 3.04. The zero-order valence-corrected chi connectivity index (χ0v) is 15.7. The second kappa shape index (κ2) is 8.77. The maximum atomic E-state index is 12.5. The number of aliphatic hydroxyl groups is 1. The Morgan fingerprint density at radius 1 is 1.04 bits per heavy atom. The van der Waals surface area contributed by atoms with Crippen molar-refractivity contribution in [2.75, 3.05) is 32.8 Å². The average molecular weight is 375 g/mol. The van der Waals surface area contributed by atoms with Crippen LogP contribution in [0.2, 0.25) is 0 Å². The molecule has 1 saturated heterocycles. The minimum atomic E-state index is -3.51. The van der Waals surface area contributed by atoms with E-state index in [4.69, 9.17) is 0 Å². The summed E-state index contributed by atoms with van der Waals surface area (Å²) in [5.74, 6) is 0.311. The van der Waals surface area contributed by atoms with Crippen molar-refractivity contribution in [3.63, 3.8) is 0 Å². The van der Waals surface area contributed by atoms with E-state index in [-0.39, 0.29) is 11.5 Å². The van der Waals surface area contributed by atoms with Crippen LogP contribution in [-0.4, -0.2) is 51.2 Å². The second-order valence-corrected chi connectivity index (χ2v) is 8.55. The molecule has 2 N–H and O–H groups in total. The predicted molar refractivity (Wildman–Crippen MR) is 103 cm³/mol. The van der Waals surface area contributed by atoms with Crippen LogP contribution in [0.1, 0.15) is 12.8 Å². The van der Waals surface area contributed by atoms with Gasteiger partial charge in [-0.3, -0.25) is 0 Å². The fourth-order valence-electron chi connectivity index (χ4n) is 3.38. The van der Waals surface area contributed by atoms with Crippen LogP contribution in [0.25, 0.3) is 11.1 Å². The van der Waals surface area contributed by atoms with Crippen molar-refractivity contribution in [3.05, 3.63) is 54.6 Å². The number of piperidine rings is 1. The molecule has 140 valence electrons. The van der Waals surface area contributed by atoms with Crippen LogP contribution < -0.4 is 4.72 Å². The summed E-state index contributed by atoms with van der Waals surface area (Å²) < 4.78 is 27.6. The summed E-state index contributed by atoms with van der Waals surface area (Å²) in [7, 11) is -3.51. The summed E-state index contributed by atoms with van der Waals surface area (Å²) in [6, 6.07) is 16.8. The van der Waals surface area contributed by atoms with Gasteiger partial charge in [0.15, 0.2) is 0 Å². The number of sulfonamides is 1. The van der Waals surface area contributed by atoms with E-state index in [1.165, 1.54) is 0 Å². The van der Waals surface area contributed by atoms with E-state index in [0.717, 1.165) is 37.1 Å². The average Bonchev–Trinajstić information content (AvgIpc) is 2.69. The topological polar surface area (TPSA) is 69.6 Å². The molecule has 3 rings (SSSR count). The van der Waals surface area contributed by atoms with Crippen LogP contribution in [0.4, 0.5) is 0 Å². The molecule has 2 aromatic carbocycles. The molecule has 1 atom stereocenters. The molecular formula is C20H26N2O3S. The number of aliphatic hydroxyl groups excluding tert-OH is 1. The molecule has 0 spiro atoms. The summed E-state index contributed by atoms with van der Waals surface area (Å²) in [4.78, 5) is 2.50. The number of rotatable bonds is 7. The van der Waals surface area contributed by atoms with E-state index in [1.807, 2.05) is 42.5 Å². The number of benzene rings is 2. The van der Waals surface area contributed by atoms with Gasteiger partial charge >= 0.3 is 0 Å². The van der Waals surface area contributed by atoms with E-state index >= 15 is 0 Å². The van der Waals surface area contributed by atoms with Crippen LogP contribution in [0.5, 0.6) is 0 Å². The Morgan fingerprint density at radius 2 is 1.73 bits per heavy atom. The highest BCUT2D eigenvalue weighted by molar-refractivity contribution is 7.89. The normalized spacial score (nSPS) is 18.7. The number of hydrogen-bond donors (Lipinski definition) is 2. The maximum Gasteiger partial charge on any atom is 0.240 e. The molecule has 1 heterocycles. The van der Waals surface area contributed by atoms with Crippen LogP contribution in [0.15, 0.2) is 59.5 Å². The molecule has 0 radical (unpaired) electrons. The van der Waals surface area contributed by atoms with Gasteiger partial charge in [0, 0.05) is 26.2 Å². The van der Waals surface area contributed by atoms with Gasteiger partial charge in [-0.15, -0.1) is 0 Å². The molecule has 0 saturated carbocycles. The summed E-state index contributed by atoms with van der Waals surface area (Å²) in [5.41, 5.74) is 2.06. The molecule has 1 aliphatic heterocycles. The van der Waals surface area contributed by atoms with E-state index in [1.54, 1.807) is 12.1 Å². The van der Waals surface area contributed by atoms with Crippen molar-refractivity contribution < 1.29 is 13.5 Å². The minimum absolute atomic E-state index is 0.204. The SMILES string of the molecule is O=S(=O)(NCCN1CCCC(CO)C1)c1ccc(-c2ccccc2)cc1. The first-order valence-corrected chi connectivity index (χ1v) is 10.6. The first-order chi connectivity index (χ1) is 12.6. The Balaban J connectivity index is 1.56. The molecule has 0 aromatic heterocycles. The van der Waals surface area contributed by atoms with Crippen molar-refractivity contribution in [1.29, 1.82) is 0 Å². The number of hydrogen-bond acceptors (Lipinski definition) is 4. The van der Waals surface area contributed by atoms with Crippen LogP contribution in [0.3, 0.4) is 0 Å². The van der Waals surface area contributed by atoms with Crippen molar-refractivity contribution in [3.8, 4) is 11.1 Å². The second-order valence-electron chi connectivity index (χ2n) is 6.78. The van der Waals surface area contributed by atoms with Crippen molar-refractivity contribution in [2.24, 2.45) is 5.92 Å². The largest absolute Gasteiger partial charge is 0.396 e.